The van der Waals surface area contributed by atoms with Crippen LogP contribution in [0.2, 0.25) is 0 Å². The van der Waals surface area contributed by atoms with Crippen LogP contribution in [0.1, 0.15) is 25.0 Å². The molecule has 0 bridgehead atoms. The summed E-state index contributed by atoms with van der Waals surface area (Å²) >= 11 is 1.41. The van der Waals surface area contributed by atoms with Crippen molar-refractivity contribution in [2.75, 3.05) is 12.9 Å². The lowest BCUT2D eigenvalue weighted by atomic mass is 10.1. The van der Waals surface area contributed by atoms with Gasteiger partial charge in [-0.3, -0.25) is 9.20 Å². The van der Waals surface area contributed by atoms with Gasteiger partial charge in [-0.05, 0) is 50.1 Å². The van der Waals surface area contributed by atoms with Crippen LogP contribution < -0.4 is 4.74 Å². The molecular weight excluding hydrogens is 408 g/mol. The highest BCUT2D eigenvalue weighted by atomic mass is 32.2. The first-order valence-electron chi connectivity index (χ1n) is 10.3. The summed E-state index contributed by atoms with van der Waals surface area (Å²) in [7, 11) is 1.65. The number of pyridine rings is 1. The number of thioether (sulfide) groups is 1. The summed E-state index contributed by atoms with van der Waals surface area (Å²) in [5.74, 6) is 1.15. The van der Waals surface area contributed by atoms with E-state index in [-0.39, 0.29) is 11.9 Å². The number of ether oxygens (including phenoxy) is 1. The van der Waals surface area contributed by atoms with E-state index in [1.807, 2.05) is 77.7 Å². The number of carbonyl (C=O) groups is 1. The molecule has 6 nitrogen and oxygen atoms in total. The van der Waals surface area contributed by atoms with Gasteiger partial charge in [0.25, 0.3) is 0 Å². The molecule has 7 heteroatoms. The molecule has 160 valence electrons. The Balaban J connectivity index is 1.61. The first-order valence-corrected chi connectivity index (χ1v) is 11.2. The van der Waals surface area contributed by atoms with Crippen LogP contribution in [-0.2, 0) is 11.3 Å². The number of nitrogens with zero attached hydrogens (tertiary/aromatic N) is 4. The molecule has 0 aliphatic rings. The van der Waals surface area contributed by atoms with Crippen LogP contribution in [-0.4, -0.2) is 44.3 Å². The summed E-state index contributed by atoms with van der Waals surface area (Å²) < 4.78 is 7.42. The highest BCUT2D eigenvalue weighted by Crippen LogP contribution is 2.29. The van der Waals surface area contributed by atoms with E-state index in [4.69, 9.17) is 4.74 Å². The monoisotopic (exact) mass is 434 g/mol. The van der Waals surface area contributed by atoms with E-state index in [1.165, 1.54) is 11.8 Å². The van der Waals surface area contributed by atoms with Crippen molar-refractivity contribution in [1.29, 1.82) is 0 Å². The topological polar surface area (TPSA) is 59.7 Å². The van der Waals surface area contributed by atoms with Crippen LogP contribution >= 0.6 is 11.8 Å². The van der Waals surface area contributed by atoms with Gasteiger partial charge < -0.3 is 9.64 Å². The minimum Gasteiger partial charge on any atom is -0.497 e. The zero-order chi connectivity index (χ0) is 22.0. The highest BCUT2D eigenvalue weighted by Gasteiger charge is 2.20. The first kappa shape index (κ1) is 21.2. The molecule has 0 aliphatic heterocycles. The molecule has 0 spiro atoms. The van der Waals surface area contributed by atoms with Crippen molar-refractivity contribution in [3.05, 3.63) is 65.7 Å². The zero-order valence-electron chi connectivity index (χ0n) is 18.2. The minimum absolute atomic E-state index is 0.0783. The lowest BCUT2D eigenvalue weighted by molar-refractivity contribution is -0.130. The second-order valence-electron chi connectivity index (χ2n) is 7.78. The maximum Gasteiger partial charge on any atom is 0.233 e. The molecule has 2 aromatic carbocycles. The van der Waals surface area contributed by atoms with Gasteiger partial charge in [0.15, 0.2) is 10.8 Å². The van der Waals surface area contributed by atoms with Gasteiger partial charge in [-0.15, -0.1) is 10.2 Å². The van der Waals surface area contributed by atoms with E-state index in [0.29, 0.717) is 17.5 Å². The minimum atomic E-state index is 0.0783. The van der Waals surface area contributed by atoms with Crippen molar-refractivity contribution in [2.24, 2.45) is 0 Å². The largest absolute Gasteiger partial charge is 0.497 e. The normalized spacial score (nSPS) is 11.4. The highest BCUT2D eigenvalue weighted by molar-refractivity contribution is 7.99. The number of benzene rings is 2. The Morgan fingerprint density at radius 1 is 1.13 bits per heavy atom. The lowest BCUT2D eigenvalue weighted by Gasteiger charge is -2.26. The maximum absolute atomic E-state index is 13.1. The first-order chi connectivity index (χ1) is 15.0. The molecule has 0 radical (unpaired) electrons. The smallest absolute Gasteiger partial charge is 0.233 e. The van der Waals surface area contributed by atoms with Crippen molar-refractivity contribution in [3.63, 3.8) is 0 Å². The van der Waals surface area contributed by atoms with Crippen LogP contribution in [0.15, 0.2) is 59.8 Å². The summed E-state index contributed by atoms with van der Waals surface area (Å²) in [5.41, 5.74) is 3.98. The van der Waals surface area contributed by atoms with Crippen LogP contribution in [0.3, 0.4) is 0 Å². The zero-order valence-corrected chi connectivity index (χ0v) is 19.0. The summed E-state index contributed by atoms with van der Waals surface area (Å²) in [4.78, 5) is 15.0. The quantitative estimate of drug-likeness (QED) is 0.394. The van der Waals surface area contributed by atoms with Crippen LogP contribution in [0.4, 0.5) is 0 Å². The van der Waals surface area contributed by atoms with Crippen molar-refractivity contribution < 1.29 is 9.53 Å². The third-order valence-electron chi connectivity index (χ3n) is 5.34. The third kappa shape index (κ3) is 4.37. The average molecular weight is 435 g/mol. The summed E-state index contributed by atoms with van der Waals surface area (Å²) in [6.45, 7) is 6.74. The van der Waals surface area contributed by atoms with E-state index in [1.54, 1.807) is 7.11 Å². The Morgan fingerprint density at radius 2 is 1.90 bits per heavy atom. The Kier molecular flexibility index (Phi) is 6.13. The standard InChI is InChI=1S/C24H26N4O2S/c1-16(2)27(14-18-8-6-5-7-9-18)23(29)15-31-24-26-25-22-12-17(3)20-11-10-19(30-4)13-21(20)28(22)24/h5-13,16H,14-15H2,1-4H3. The number of hydrogen-bond acceptors (Lipinski definition) is 5. The molecule has 0 saturated heterocycles. The van der Waals surface area contributed by atoms with E-state index >= 15 is 0 Å². The molecule has 1 amide bonds. The fourth-order valence-electron chi connectivity index (χ4n) is 3.67. The Bertz CT molecular complexity index is 1220. The molecule has 2 heterocycles. The summed E-state index contributed by atoms with van der Waals surface area (Å²) in [5, 5.41) is 10.5. The van der Waals surface area contributed by atoms with E-state index in [9.17, 15) is 4.79 Å². The van der Waals surface area contributed by atoms with Crippen LogP contribution in [0.5, 0.6) is 5.75 Å². The van der Waals surface area contributed by atoms with Gasteiger partial charge in [-0.2, -0.15) is 0 Å². The number of methoxy groups -OCH3 is 1. The molecular formula is C24H26N4O2S. The number of carbonyl (C=O) groups excluding carboxylic acids is 1. The number of hydrogen-bond donors (Lipinski definition) is 0. The van der Waals surface area contributed by atoms with Gasteiger partial charge in [-0.1, -0.05) is 42.1 Å². The van der Waals surface area contributed by atoms with Crippen LogP contribution in [0, 0.1) is 6.92 Å². The van der Waals surface area contributed by atoms with Gasteiger partial charge in [0, 0.05) is 24.0 Å². The number of amides is 1. The molecule has 0 aliphatic carbocycles. The van der Waals surface area contributed by atoms with Crippen molar-refractivity contribution in [1.82, 2.24) is 19.5 Å². The lowest BCUT2D eigenvalue weighted by Crippen LogP contribution is -2.37. The van der Waals surface area contributed by atoms with Gasteiger partial charge in [0.1, 0.15) is 5.75 Å². The second-order valence-corrected chi connectivity index (χ2v) is 8.72. The fourth-order valence-corrected chi connectivity index (χ4v) is 4.51. The SMILES string of the molecule is COc1ccc2c(C)cc3nnc(SCC(=O)N(Cc4ccccc4)C(C)C)n3c2c1. The van der Waals surface area contributed by atoms with Gasteiger partial charge in [0.2, 0.25) is 5.91 Å². The second kappa shape index (κ2) is 8.98. The van der Waals surface area contributed by atoms with Crippen LogP contribution in [0.25, 0.3) is 16.6 Å². The number of aryl methyl sites for hydroxylation is 1. The molecule has 0 saturated carbocycles. The number of fused-ring (bicyclic) bond motifs is 3. The predicted molar refractivity (Wildman–Crippen MR) is 125 cm³/mol. The Hall–Kier alpha value is -3.06. The van der Waals surface area contributed by atoms with Gasteiger partial charge in [0.05, 0.1) is 18.4 Å². The van der Waals surface area contributed by atoms with E-state index < -0.39 is 0 Å². The van der Waals surface area contributed by atoms with E-state index in [2.05, 4.69) is 17.1 Å². The fraction of sp³-hybridized carbons (Fsp3) is 0.292. The third-order valence-corrected chi connectivity index (χ3v) is 6.25. The Morgan fingerprint density at radius 3 is 2.61 bits per heavy atom. The van der Waals surface area contributed by atoms with Crippen molar-refractivity contribution in [3.8, 4) is 5.75 Å². The van der Waals surface area contributed by atoms with Gasteiger partial charge in [-0.25, -0.2) is 0 Å². The molecule has 0 unspecified atom stereocenters. The number of aromatic nitrogens is 3. The summed E-state index contributed by atoms with van der Waals surface area (Å²) in [6, 6.07) is 18.2. The molecule has 4 aromatic rings. The molecule has 2 aromatic heterocycles. The molecule has 31 heavy (non-hydrogen) atoms. The Labute approximate surface area is 186 Å². The summed E-state index contributed by atoms with van der Waals surface area (Å²) in [6.07, 6.45) is 0. The van der Waals surface area contributed by atoms with E-state index in [0.717, 1.165) is 33.4 Å². The molecule has 0 N–H and O–H groups in total. The van der Waals surface area contributed by atoms with Crippen molar-refractivity contribution >= 4 is 34.2 Å². The predicted octanol–water partition coefficient (Wildman–Crippen LogP) is 4.73. The molecule has 0 fully saturated rings. The maximum atomic E-state index is 13.1. The molecule has 0 atom stereocenters. The molecule has 4 rings (SSSR count). The van der Waals surface area contributed by atoms with Gasteiger partial charge >= 0.3 is 0 Å². The average Bonchev–Trinajstić information content (AvgIpc) is 3.18. The van der Waals surface area contributed by atoms with Crippen molar-refractivity contribution in [2.45, 2.75) is 38.5 Å². The number of rotatable bonds is 7.